The van der Waals surface area contributed by atoms with Gasteiger partial charge >= 0.3 is 29.6 Å². The van der Waals surface area contributed by atoms with Crippen LogP contribution in [0.2, 0.25) is 0 Å². The fraction of sp³-hybridized carbons (Fsp3) is 0.227. The summed E-state index contributed by atoms with van der Waals surface area (Å²) < 4.78 is 35.1. The Hall–Kier alpha value is -2.79. The van der Waals surface area contributed by atoms with Gasteiger partial charge in [-0.15, -0.1) is 11.8 Å². The number of thioether (sulfide) groups is 1. The van der Waals surface area contributed by atoms with E-state index in [0.717, 1.165) is 4.90 Å². The summed E-state index contributed by atoms with van der Waals surface area (Å²) in [6, 6.07) is 9.02. The molecule has 0 radical (unpaired) electrons. The zero-order valence-corrected chi connectivity index (χ0v) is 20.6. The summed E-state index contributed by atoms with van der Waals surface area (Å²) in [6.07, 6.45) is 3.08. The molecule has 38 heavy (non-hydrogen) atoms. The van der Waals surface area contributed by atoms with Crippen LogP contribution in [0.1, 0.15) is 21.2 Å². The SMILES string of the molecule is NC(=O)c1cc[n+](CC2=C(C(=O)[O-])N3C(=O)[C@@H](NC(=O)[C@@H](c4ccccc4)S(=O)(=O)O)[C@H]3SC2)cc1.O.[NaH]. The first-order valence-corrected chi connectivity index (χ1v) is 13.0. The average Bonchev–Trinajstić information content (AvgIpc) is 2.82. The quantitative estimate of drug-likeness (QED) is 0.124. The van der Waals surface area contributed by atoms with Crippen LogP contribution in [-0.4, -0.2) is 93.8 Å². The van der Waals surface area contributed by atoms with Gasteiger partial charge in [0.25, 0.3) is 16.0 Å². The molecule has 2 aliphatic rings. The third-order valence-electron chi connectivity index (χ3n) is 5.73. The van der Waals surface area contributed by atoms with Crippen LogP contribution in [0.15, 0.2) is 66.1 Å². The molecule has 0 unspecified atom stereocenters. The van der Waals surface area contributed by atoms with Crippen molar-refractivity contribution in [3.63, 3.8) is 0 Å². The number of fused-ring (bicyclic) bond motifs is 1. The monoisotopic (exact) mass is 574 g/mol. The van der Waals surface area contributed by atoms with E-state index in [4.69, 9.17) is 5.73 Å². The number of β-lactam (4-membered cyclic amide) rings is 1. The van der Waals surface area contributed by atoms with Crippen LogP contribution >= 0.6 is 11.8 Å². The maximum absolute atomic E-state index is 12.9. The van der Waals surface area contributed by atoms with Crippen LogP contribution in [0, 0.1) is 0 Å². The van der Waals surface area contributed by atoms with Gasteiger partial charge in [-0.25, -0.2) is 4.57 Å². The van der Waals surface area contributed by atoms with Crippen molar-refractivity contribution in [2.45, 2.75) is 23.2 Å². The molecule has 13 nitrogen and oxygen atoms in total. The number of amides is 3. The molecule has 0 saturated carbocycles. The summed E-state index contributed by atoms with van der Waals surface area (Å²) in [7, 11) is -4.86. The first-order valence-electron chi connectivity index (χ1n) is 10.5. The van der Waals surface area contributed by atoms with Crippen molar-refractivity contribution < 1.29 is 47.3 Å². The second kappa shape index (κ2) is 12.4. The van der Waals surface area contributed by atoms with E-state index in [1.54, 1.807) is 10.6 Å². The summed E-state index contributed by atoms with van der Waals surface area (Å²) in [5, 5.41) is 11.5. The number of nitrogens with two attached hydrogens (primary N) is 1. The van der Waals surface area contributed by atoms with E-state index in [2.05, 4.69) is 5.32 Å². The van der Waals surface area contributed by atoms with Crippen molar-refractivity contribution in [2.24, 2.45) is 5.73 Å². The van der Waals surface area contributed by atoms with Gasteiger partial charge in [-0.3, -0.25) is 23.8 Å². The predicted molar refractivity (Wildman–Crippen MR) is 134 cm³/mol. The molecule has 0 aliphatic carbocycles. The molecule has 1 saturated heterocycles. The van der Waals surface area contributed by atoms with Gasteiger partial charge < -0.3 is 26.4 Å². The number of primary amides is 1. The molecular formula is C22H23N4NaO9S2. The van der Waals surface area contributed by atoms with Gasteiger partial charge in [0.2, 0.25) is 11.8 Å². The normalized spacial score (nSPS) is 19.2. The number of rotatable bonds is 8. The Morgan fingerprint density at radius 1 is 1.18 bits per heavy atom. The molecule has 1 fully saturated rings. The van der Waals surface area contributed by atoms with Gasteiger partial charge in [-0.05, 0) is 5.56 Å². The molecule has 3 amide bonds. The molecular weight excluding hydrogens is 551 g/mol. The molecule has 0 bridgehead atoms. The van der Waals surface area contributed by atoms with Gasteiger partial charge in [0.1, 0.15) is 11.4 Å². The van der Waals surface area contributed by atoms with Gasteiger partial charge in [-0.2, -0.15) is 8.42 Å². The van der Waals surface area contributed by atoms with Gasteiger partial charge in [0, 0.05) is 23.5 Å². The molecule has 3 atom stereocenters. The van der Waals surface area contributed by atoms with Crippen LogP contribution in [-0.2, 0) is 31.0 Å². The van der Waals surface area contributed by atoms with E-state index in [1.807, 2.05) is 0 Å². The Bertz CT molecular complexity index is 1390. The topological polar surface area (TPSA) is 222 Å². The molecule has 4 rings (SSSR count). The van der Waals surface area contributed by atoms with Crippen molar-refractivity contribution in [3.8, 4) is 0 Å². The number of benzene rings is 1. The number of nitrogens with one attached hydrogen (secondary N) is 1. The summed E-state index contributed by atoms with van der Waals surface area (Å²) in [6.45, 7) is 0.0850. The number of carbonyl (C=O) groups excluding carboxylic acids is 4. The van der Waals surface area contributed by atoms with Crippen LogP contribution in [0.3, 0.4) is 0 Å². The van der Waals surface area contributed by atoms with Gasteiger partial charge in [0.15, 0.2) is 24.2 Å². The van der Waals surface area contributed by atoms with Crippen LogP contribution in [0.4, 0.5) is 0 Å². The molecule has 2 aromatic rings. The van der Waals surface area contributed by atoms with E-state index in [0.29, 0.717) is 5.57 Å². The Labute approximate surface area is 243 Å². The molecule has 16 heteroatoms. The third kappa shape index (κ3) is 6.26. The molecule has 198 valence electrons. The van der Waals surface area contributed by atoms with E-state index >= 15 is 0 Å². The summed E-state index contributed by atoms with van der Waals surface area (Å²) >= 11 is 1.18. The van der Waals surface area contributed by atoms with E-state index < -0.39 is 50.5 Å². The van der Waals surface area contributed by atoms with Crippen molar-refractivity contribution in [1.82, 2.24) is 10.2 Å². The number of nitrogens with zero attached hydrogens (tertiary/aromatic N) is 2. The molecule has 3 heterocycles. The number of aromatic nitrogens is 1. The molecule has 2 aliphatic heterocycles. The van der Waals surface area contributed by atoms with Crippen molar-refractivity contribution in [2.75, 3.05) is 5.75 Å². The first-order chi connectivity index (χ1) is 17.0. The molecule has 0 spiro atoms. The number of hydrogen-bond donors (Lipinski definition) is 3. The maximum atomic E-state index is 12.9. The fourth-order valence-corrected chi connectivity index (χ4v) is 6.23. The second-order valence-electron chi connectivity index (χ2n) is 8.06. The number of carbonyl (C=O) groups is 4. The Balaban J connectivity index is 0.00000253. The van der Waals surface area contributed by atoms with Crippen molar-refractivity contribution in [3.05, 3.63) is 77.3 Å². The first kappa shape index (κ1) is 31.4. The summed E-state index contributed by atoms with van der Waals surface area (Å²) in [5.74, 6) is -3.89. The minimum absolute atomic E-state index is 0. The number of carboxylic acids is 1. The third-order valence-corrected chi connectivity index (χ3v) is 8.15. The molecule has 1 aromatic carbocycles. The zero-order chi connectivity index (χ0) is 26.2. The fourth-order valence-electron chi connectivity index (χ4n) is 4.06. The van der Waals surface area contributed by atoms with E-state index in [9.17, 15) is 37.3 Å². The standard InChI is InChI=1S/C22H20N4O8S2.Na.H2O.H/c23-18(27)13-6-8-25(9-7-13)10-14-11-35-21-15(20(29)26(21)16(14)22(30)31)24-19(28)17(36(32,33)34)12-4-2-1-3-5-12;;;/h1-9,15,17,21H,10-11H2,(H4-,23,24,27,28,30,31,32,33,34);;1H2;/t15-,17-,21-;;;/m1.../s1. The van der Waals surface area contributed by atoms with Gasteiger partial charge in [-0.1, -0.05) is 30.3 Å². The predicted octanol–water partition coefficient (Wildman–Crippen LogP) is -3.37. The Morgan fingerprint density at radius 3 is 2.32 bits per heavy atom. The average molecular weight is 575 g/mol. The second-order valence-corrected chi connectivity index (χ2v) is 10.7. The molecule has 1 aromatic heterocycles. The molecule has 6 N–H and O–H groups in total. The number of aliphatic carboxylic acids is 1. The Kier molecular flexibility index (Phi) is 10.2. The van der Waals surface area contributed by atoms with Crippen LogP contribution in [0.5, 0.6) is 0 Å². The van der Waals surface area contributed by atoms with Gasteiger partial charge in [0.05, 0.1) is 17.2 Å². The number of hydrogen-bond acceptors (Lipinski definition) is 8. The van der Waals surface area contributed by atoms with Crippen LogP contribution < -0.4 is 20.7 Å². The Morgan fingerprint density at radius 2 is 1.79 bits per heavy atom. The zero-order valence-electron chi connectivity index (χ0n) is 18.9. The van der Waals surface area contributed by atoms with Crippen molar-refractivity contribution in [1.29, 1.82) is 0 Å². The van der Waals surface area contributed by atoms with E-state index in [-0.39, 0.29) is 64.2 Å². The van der Waals surface area contributed by atoms with E-state index in [1.165, 1.54) is 60.6 Å². The number of pyridine rings is 1. The van der Waals surface area contributed by atoms with Crippen molar-refractivity contribution >= 4 is 75.1 Å². The number of carboxylic acid groups (broad SMARTS) is 1. The summed E-state index contributed by atoms with van der Waals surface area (Å²) in [5.41, 5.74) is 5.53. The van der Waals surface area contributed by atoms with Crippen LogP contribution in [0.25, 0.3) is 0 Å². The minimum atomic E-state index is -4.86. The summed E-state index contributed by atoms with van der Waals surface area (Å²) in [4.78, 5) is 49.9.